The number of thiophene rings is 2. The van der Waals surface area contributed by atoms with Crippen LogP contribution in [0.25, 0.3) is 6.08 Å². The maximum absolute atomic E-state index is 13.5. The van der Waals surface area contributed by atoms with Crippen molar-refractivity contribution in [1.82, 2.24) is 9.91 Å². The summed E-state index contributed by atoms with van der Waals surface area (Å²) in [6.07, 6.45) is 6.88. The van der Waals surface area contributed by atoms with Gasteiger partial charge in [-0.05, 0) is 79.7 Å². The monoisotopic (exact) mass is 468 g/mol. The van der Waals surface area contributed by atoms with Crippen LogP contribution >= 0.6 is 22.7 Å². The number of rotatable bonds is 5. The fourth-order valence-electron chi connectivity index (χ4n) is 5.13. The Labute approximate surface area is 196 Å². The summed E-state index contributed by atoms with van der Waals surface area (Å²) in [5, 5.41) is 10.9. The van der Waals surface area contributed by atoms with E-state index in [9.17, 15) is 9.59 Å². The van der Waals surface area contributed by atoms with Gasteiger partial charge in [-0.25, -0.2) is 5.01 Å². The highest BCUT2D eigenvalue weighted by Gasteiger charge is 2.44. The summed E-state index contributed by atoms with van der Waals surface area (Å²) >= 11 is 3.44. The minimum atomic E-state index is -0.228. The van der Waals surface area contributed by atoms with Gasteiger partial charge in [0, 0.05) is 21.6 Å². The lowest BCUT2D eigenvalue weighted by atomic mass is 9.79. The van der Waals surface area contributed by atoms with Crippen LogP contribution in [0.5, 0.6) is 0 Å². The Kier molecular flexibility index (Phi) is 6.26. The van der Waals surface area contributed by atoms with Crippen molar-refractivity contribution in [2.24, 2.45) is 22.7 Å². The Hall–Kier alpha value is -2.29. The molecule has 2 atom stereocenters. The molecule has 2 aromatic rings. The molecule has 2 unspecified atom stereocenters. The third kappa shape index (κ3) is 4.31. The van der Waals surface area contributed by atoms with Crippen LogP contribution in [0.15, 0.2) is 45.7 Å². The van der Waals surface area contributed by atoms with E-state index in [0.717, 1.165) is 50.9 Å². The molecule has 168 valence electrons. The van der Waals surface area contributed by atoms with Gasteiger partial charge >= 0.3 is 0 Å². The summed E-state index contributed by atoms with van der Waals surface area (Å²) in [6.45, 7) is 1.78. The number of hydrazone groups is 1. The molecule has 2 fully saturated rings. The average Bonchev–Trinajstić information content (AvgIpc) is 3.55. The third-order valence-corrected chi connectivity index (χ3v) is 8.56. The normalized spacial score (nSPS) is 25.7. The second kappa shape index (κ2) is 9.29. The molecule has 2 aromatic heterocycles. The highest BCUT2D eigenvalue weighted by Crippen LogP contribution is 2.45. The minimum absolute atomic E-state index is 0.0207. The zero-order valence-corrected chi connectivity index (χ0v) is 19.6. The SMILES string of the molecule is NC(=O)C1CCN(CC(=O)N2N=C3/C(=C/c4cccs4)CCCC3C2c2cccs2)CC1. The summed E-state index contributed by atoms with van der Waals surface area (Å²) < 4.78 is 0. The van der Waals surface area contributed by atoms with E-state index < -0.39 is 0 Å². The standard InChI is InChI=1S/C24H28N4O2S2/c25-24(30)16-8-10-27(11-9-16)15-21(29)28-23(20-7-3-13-32-20)19-6-1-4-17(22(19)26-28)14-18-5-2-12-31-18/h2-3,5,7,12-14,16,19,23H,1,4,6,8-11,15H2,(H2,25,30)/b17-14+. The van der Waals surface area contributed by atoms with Crippen LogP contribution < -0.4 is 5.73 Å². The number of carbonyl (C=O) groups is 2. The van der Waals surface area contributed by atoms with Crippen molar-refractivity contribution >= 4 is 46.3 Å². The number of likely N-dealkylation sites (tertiary alicyclic amines) is 1. The van der Waals surface area contributed by atoms with E-state index in [1.165, 1.54) is 15.3 Å². The maximum atomic E-state index is 13.5. The Morgan fingerprint density at radius 2 is 1.91 bits per heavy atom. The molecule has 4 heterocycles. The van der Waals surface area contributed by atoms with E-state index in [0.29, 0.717) is 6.54 Å². The zero-order chi connectivity index (χ0) is 22.1. The van der Waals surface area contributed by atoms with Gasteiger partial charge in [0.15, 0.2) is 0 Å². The molecule has 1 saturated heterocycles. The molecular formula is C24H28N4O2S2. The fraction of sp³-hybridized carbons (Fsp3) is 0.458. The summed E-state index contributed by atoms with van der Waals surface area (Å²) in [6, 6.07) is 8.36. The molecule has 5 rings (SSSR count). The van der Waals surface area contributed by atoms with Crippen LogP contribution in [0.2, 0.25) is 0 Å². The van der Waals surface area contributed by atoms with E-state index in [1.807, 2.05) is 0 Å². The van der Waals surface area contributed by atoms with Crippen molar-refractivity contribution in [3.63, 3.8) is 0 Å². The first-order chi connectivity index (χ1) is 15.6. The molecule has 2 N–H and O–H groups in total. The Morgan fingerprint density at radius 3 is 2.59 bits per heavy atom. The first kappa shape index (κ1) is 21.6. The molecule has 0 radical (unpaired) electrons. The van der Waals surface area contributed by atoms with Gasteiger partial charge in [0.2, 0.25) is 5.91 Å². The molecule has 32 heavy (non-hydrogen) atoms. The average molecular weight is 469 g/mol. The first-order valence-corrected chi connectivity index (χ1v) is 13.1. The number of piperidine rings is 1. The van der Waals surface area contributed by atoms with Crippen LogP contribution in [-0.2, 0) is 9.59 Å². The predicted octanol–water partition coefficient (Wildman–Crippen LogP) is 4.13. The van der Waals surface area contributed by atoms with Crippen molar-refractivity contribution in [3.05, 3.63) is 50.4 Å². The van der Waals surface area contributed by atoms with Crippen LogP contribution in [0.4, 0.5) is 0 Å². The number of hydrogen-bond donors (Lipinski definition) is 1. The topological polar surface area (TPSA) is 79.0 Å². The minimum Gasteiger partial charge on any atom is -0.369 e. The van der Waals surface area contributed by atoms with Crippen molar-refractivity contribution in [2.75, 3.05) is 19.6 Å². The van der Waals surface area contributed by atoms with Crippen LogP contribution in [0.3, 0.4) is 0 Å². The van der Waals surface area contributed by atoms with E-state index in [2.05, 4.69) is 46.0 Å². The van der Waals surface area contributed by atoms with Gasteiger partial charge in [0.1, 0.15) is 0 Å². The Bertz CT molecular complexity index is 1020. The molecule has 1 saturated carbocycles. The second-order valence-corrected chi connectivity index (χ2v) is 10.8. The largest absolute Gasteiger partial charge is 0.369 e. The zero-order valence-electron chi connectivity index (χ0n) is 18.0. The Balaban J connectivity index is 1.38. The van der Waals surface area contributed by atoms with Gasteiger partial charge < -0.3 is 5.73 Å². The lowest BCUT2D eigenvalue weighted by Crippen LogP contribution is -2.44. The van der Waals surface area contributed by atoms with Crippen molar-refractivity contribution in [3.8, 4) is 0 Å². The van der Waals surface area contributed by atoms with E-state index in [-0.39, 0.29) is 29.7 Å². The Morgan fingerprint density at radius 1 is 1.12 bits per heavy atom. The van der Waals surface area contributed by atoms with Crippen molar-refractivity contribution in [2.45, 2.75) is 38.1 Å². The molecule has 0 bridgehead atoms. The number of nitrogens with zero attached hydrogens (tertiary/aromatic N) is 3. The van der Waals surface area contributed by atoms with E-state index in [4.69, 9.17) is 10.8 Å². The molecule has 2 amide bonds. The maximum Gasteiger partial charge on any atom is 0.257 e. The number of fused-ring (bicyclic) bond motifs is 1. The van der Waals surface area contributed by atoms with E-state index >= 15 is 0 Å². The van der Waals surface area contributed by atoms with Crippen molar-refractivity contribution in [1.29, 1.82) is 0 Å². The van der Waals surface area contributed by atoms with Crippen LogP contribution in [-0.4, -0.2) is 47.1 Å². The fourth-order valence-corrected chi connectivity index (χ4v) is 6.69. The molecule has 8 heteroatoms. The number of carbonyl (C=O) groups excluding carboxylic acids is 2. The first-order valence-electron chi connectivity index (χ1n) is 11.3. The molecule has 2 aliphatic heterocycles. The highest BCUT2D eigenvalue weighted by atomic mass is 32.1. The number of allylic oxidation sites excluding steroid dienone is 1. The summed E-state index contributed by atoms with van der Waals surface area (Å²) in [5.41, 5.74) is 7.81. The van der Waals surface area contributed by atoms with E-state index in [1.54, 1.807) is 27.7 Å². The number of hydrogen-bond acceptors (Lipinski definition) is 6. The molecule has 3 aliphatic rings. The number of primary amides is 1. The third-order valence-electron chi connectivity index (χ3n) is 6.80. The number of amides is 2. The van der Waals surface area contributed by atoms with Gasteiger partial charge in [-0.15, -0.1) is 22.7 Å². The quantitative estimate of drug-likeness (QED) is 0.717. The van der Waals surface area contributed by atoms with Crippen LogP contribution in [0.1, 0.15) is 47.9 Å². The lowest BCUT2D eigenvalue weighted by molar-refractivity contribution is -0.135. The van der Waals surface area contributed by atoms with Gasteiger partial charge in [0.05, 0.1) is 18.3 Å². The molecule has 0 spiro atoms. The summed E-state index contributed by atoms with van der Waals surface area (Å²) in [7, 11) is 0. The summed E-state index contributed by atoms with van der Waals surface area (Å²) in [5.74, 6) is -0.00895. The van der Waals surface area contributed by atoms with Gasteiger partial charge in [-0.2, -0.15) is 5.10 Å². The molecule has 6 nitrogen and oxygen atoms in total. The molecule has 0 aromatic carbocycles. The van der Waals surface area contributed by atoms with Crippen LogP contribution in [0, 0.1) is 11.8 Å². The lowest BCUT2D eigenvalue weighted by Gasteiger charge is -2.32. The van der Waals surface area contributed by atoms with Gasteiger partial charge in [-0.1, -0.05) is 12.1 Å². The molecule has 1 aliphatic carbocycles. The highest BCUT2D eigenvalue weighted by molar-refractivity contribution is 7.11. The van der Waals surface area contributed by atoms with Gasteiger partial charge in [0.25, 0.3) is 5.91 Å². The van der Waals surface area contributed by atoms with Gasteiger partial charge in [-0.3, -0.25) is 14.5 Å². The smallest absolute Gasteiger partial charge is 0.257 e. The summed E-state index contributed by atoms with van der Waals surface area (Å²) in [4.78, 5) is 29.5. The number of nitrogens with two attached hydrogens (primary N) is 1. The predicted molar refractivity (Wildman–Crippen MR) is 129 cm³/mol. The van der Waals surface area contributed by atoms with Crippen molar-refractivity contribution < 1.29 is 9.59 Å². The molecular weight excluding hydrogens is 440 g/mol. The second-order valence-electron chi connectivity index (χ2n) is 8.82.